The molecule has 9 nitrogen and oxygen atoms in total. The molecule has 0 fully saturated rings. The van der Waals surface area contributed by atoms with Crippen LogP contribution in [0.15, 0.2) is 65.7 Å². The zero-order valence-corrected chi connectivity index (χ0v) is 18.0. The Morgan fingerprint density at radius 2 is 1.75 bits per heavy atom. The molecule has 0 saturated heterocycles. The van der Waals surface area contributed by atoms with E-state index in [1.165, 1.54) is 10.9 Å². The molecule has 0 spiro atoms. The number of hydrogen-bond donors (Lipinski definition) is 2. The van der Waals surface area contributed by atoms with Gasteiger partial charge in [0.15, 0.2) is 0 Å². The Kier molecular flexibility index (Phi) is 5.80. The van der Waals surface area contributed by atoms with Crippen molar-refractivity contribution >= 4 is 40.0 Å². The lowest BCUT2D eigenvalue weighted by Crippen LogP contribution is -2.27. The molecule has 0 unspecified atom stereocenters. The van der Waals surface area contributed by atoms with Crippen molar-refractivity contribution in [3.8, 4) is 0 Å². The molecule has 4 aromatic rings. The minimum atomic E-state index is -0.317. The first-order valence-electron chi connectivity index (χ1n) is 10.0. The summed E-state index contributed by atoms with van der Waals surface area (Å²) in [6, 6.07) is 16.1. The summed E-state index contributed by atoms with van der Waals surface area (Å²) in [5.74, 6) is 0.985. The lowest BCUT2D eigenvalue weighted by atomic mass is 10.2. The minimum absolute atomic E-state index is 0.124. The third-order valence-corrected chi connectivity index (χ3v) is 4.77. The van der Waals surface area contributed by atoms with Crippen molar-refractivity contribution < 1.29 is 4.79 Å². The van der Waals surface area contributed by atoms with E-state index in [2.05, 4.69) is 25.6 Å². The van der Waals surface area contributed by atoms with Gasteiger partial charge in [0.05, 0.1) is 17.2 Å². The van der Waals surface area contributed by atoms with Gasteiger partial charge < -0.3 is 15.5 Å². The van der Waals surface area contributed by atoms with E-state index in [0.717, 1.165) is 17.2 Å². The number of nitrogens with one attached hydrogen (secondary N) is 2. The van der Waals surface area contributed by atoms with Gasteiger partial charge in [-0.2, -0.15) is 4.98 Å². The fourth-order valence-corrected chi connectivity index (χ4v) is 3.18. The summed E-state index contributed by atoms with van der Waals surface area (Å²) in [6.45, 7) is 1.79. The third-order valence-electron chi connectivity index (χ3n) is 4.77. The zero-order valence-electron chi connectivity index (χ0n) is 18.0. The smallest absolute Gasteiger partial charge is 0.261 e. The predicted molar refractivity (Wildman–Crippen MR) is 125 cm³/mol. The number of aryl methyl sites for hydroxylation is 1. The fourth-order valence-electron chi connectivity index (χ4n) is 3.18. The summed E-state index contributed by atoms with van der Waals surface area (Å²) in [6.07, 6.45) is 1.39. The number of carbonyl (C=O) groups excluding carboxylic acids is 1. The number of anilines is 4. The molecule has 162 valence electrons. The summed E-state index contributed by atoms with van der Waals surface area (Å²) >= 11 is 0. The largest absolute Gasteiger partial charge is 0.363 e. The Morgan fingerprint density at radius 1 is 1.03 bits per heavy atom. The second kappa shape index (κ2) is 8.84. The lowest BCUT2D eigenvalue weighted by Gasteiger charge is -2.14. The molecule has 9 heteroatoms. The normalized spacial score (nSPS) is 10.7. The van der Waals surface area contributed by atoms with Crippen LogP contribution in [0.5, 0.6) is 0 Å². The number of carbonyl (C=O) groups is 1. The van der Waals surface area contributed by atoms with E-state index in [9.17, 15) is 9.59 Å². The average Bonchev–Trinajstić information content (AvgIpc) is 2.77. The van der Waals surface area contributed by atoms with Crippen LogP contribution < -0.4 is 21.1 Å². The fraction of sp³-hybridized carbons (Fsp3) is 0.174. The van der Waals surface area contributed by atoms with Gasteiger partial charge in [0.25, 0.3) is 5.56 Å². The Bertz CT molecular complexity index is 1330. The highest BCUT2D eigenvalue weighted by molar-refractivity contribution is 5.91. The van der Waals surface area contributed by atoms with E-state index < -0.39 is 0 Å². The lowest BCUT2D eigenvalue weighted by molar-refractivity contribution is -0.116. The zero-order chi connectivity index (χ0) is 22.7. The minimum Gasteiger partial charge on any atom is -0.363 e. The van der Waals surface area contributed by atoms with Crippen LogP contribution in [0.3, 0.4) is 0 Å². The highest BCUT2D eigenvalue weighted by atomic mass is 16.2. The molecule has 0 aliphatic heterocycles. The molecule has 2 heterocycles. The van der Waals surface area contributed by atoms with Crippen LogP contribution in [0.25, 0.3) is 10.9 Å². The van der Waals surface area contributed by atoms with Gasteiger partial charge in [0, 0.05) is 37.2 Å². The standard InChI is InChI=1S/C23H23N7O2/c1-15-12-20(29(2)3)28-23(25-15)27-17-10-8-16(9-11-17)26-21(31)13-30-14-24-19-7-5-4-6-18(19)22(30)32/h4-12,14H,13H2,1-3H3,(H,26,31)(H,25,27,28). The van der Waals surface area contributed by atoms with Crippen LogP contribution in [0, 0.1) is 6.92 Å². The monoisotopic (exact) mass is 429 g/mol. The Morgan fingerprint density at radius 3 is 2.50 bits per heavy atom. The summed E-state index contributed by atoms with van der Waals surface area (Å²) in [4.78, 5) is 40.0. The molecular weight excluding hydrogens is 406 g/mol. The molecular formula is C23H23N7O2. The Hall–Kier alpha value is -4.27. The molecule has 2 aromatic carbocycles. The van der Waals surface area contributed by atoms with E-state index in [4.69, 9.17) is 0 Å². The topological polar surface area (TPSA) is 105 Å². The number of hydrogen-bond acceptors (Lipinski definition) is 7. The van der Waals surface area contributed by atoms with Gasteiger partial charge in [-0.05, 0) is 43.3 Å². The SMILES string of the molecule is Cc1cc(N(C)C)nc(Nc2ccc(NC(=O)Cn3cnc4ccccc4c3=O)cc2)n1. The number of nitrogens with zero attached hydrogens (tertiary/aromatic N) is 5. The van der Waals surface area contributed by atoms with Crippen LogP contribution in [0.2, 0.25) is 0 Å². The maximum absolute atomic E-state index is 12.5. The maximum atomic E-state index is 12.5. The molecule has 0 aliphatic carbocycles. The average molecular weight is 429 g/mol. The van der Waals surface area contributed by atoms with Crippen molar-refractivity contribution in [1.29, 1.82) is 0 Å². The molecule has 0 aliphatic rings. The second-order valence-corrected chi connectivity index (χ2v) is 7.53. The first-order valence-corrected chi connectivity index (χ1v) is 10.0. The molecule has 0 atom stereocenters. The summed E-state index contributed by atoms with van der Waals surface area (Å²) in [5.41, 5.74) is 2.61. The van der Waals surface area contributed by atoms with E-state index in [1.807, 2.05) is 50.2 Å². The summed E-state index contributed by atoms with van der Waals surface area (Å²) in [7, 11) is 3.84. The van der Waals surface area contributed by atoms with Crippen LogP contribution in [-0.2, 0) is 11.3 Å². The summed E-state index contributed by atoms with van der Waals surface area (Å²) in [5, 5.41) is 6.45. The van der Waals surface area contributed by atoms with E-state index in [1.54, 1.807) is 30.3 Å². The first-order chi connectivity index (χ1) is 15.4. The molecule has 0 radical (unpaired) electrons. The van der Waals surface area contributed by atoms with Crippen molar-refractivity contribution in [3.63, 3.8) is 0 Å². The van der Waals surface area contributed by atoms with Crippen molar-refractivity contribution in [2.45, 2.75) is 13.5 Å². The van der Waals surface area contributed by atoms with Crippen LogP contribution in [0.1, 0.15) is 5.69 Å². The van der Waals surface area contributed by atoms with Gasteiger partial charge in [-0.1, -0.05) is 12.1 Å². The van der Waals surface area contributed by atoms with Crippen molar-refractivity contribution in [1.82, 2.24) is 19.5 Å². The first kappa shape index (κ1) is 21.0. The third kappa shape index (κ3) is 4.72. The van der Waals surface area contributed by atoms with Gasteiger partial charge in [-0.15, -0.1) is 0 Å². The molecule has 0 bridgehead atoms. The molecule has 32 heavy (non-hydrogen) atoms. The number of aromatic nitrogens is 4. The highest BCUT2D eigenvalue weighted by Gasteiger charge is 2.09. The number of benzene rings is 2. The van der Waals surface area contributed by atoms with Gasteiger partial charge in [0.1, 0.15) is 12.4 Å². The maximum Gasteiger partial charge on any atom is 0.261 e. The molecule has 0 saturated carbocycles. The van der Waals surface area contributed by atoms with Gasteiger partial charge in [-0.25, -0.2) is 9.97 Å². The number of para-hydroxylation sites is 1. The van der Waals surface area contributed by atoms with E-state index in [0.29, 0.717) is 22.5 Å². The van der Waals surface area contributed by atoms with Gasteiger partial charge in [0.2, 0.25) is 11.9 Å². The van der Waals surface area contributed by atoms with E-state index in [-0.39, 0.29) is 18.0 Å². The van der Waals surface area contributed by atoms with Crippen molar-refractivity contribution in [2.75, 3.05) is 29.6 Å². The Labute approximate surface area is 184 Å². The van der Waals surface area contributed by atoms with Crippen LogP contribution in [0.4, 0.5) is 23.1 Å². The van der Waals surface area contributed by atoms with Crippen molar-refractivity contribution in [2.24, 2.45) is 0 Å². The van der Waals surface area contributed by atoms with Gasteiger partial charge in [-0.3, -0.25) is 14.2 Å². The highest BCUT2D eigenvalue weighted by Crippen LogP contribution is 2.19. The Balaban J connectivity index is 1.42. The number of amides is 1. The number of rotatable bonds is 6. The molecule has 2 aromatic heterocycles. The number of fused-ring (bicyclic) bond motifs is 1. The molecule has 1 amide bonds. The van der Waals surface area contributed by atoms with Gasteiger partial charge >= 0.3 is 0 Å². The quantitative estimate of drug-likeness (QED) is 0.485. The van der Waals surface area contributed by atoms with Crippen LogP contribution >= 0.6 is 0 Å². The van der Waals surface area contributed by atoms with E-state index >= 15 is 0 Å². The summed E-state index contributed by atoms with van der Waals surface area (Å²) < 4.78 is 1.30. The van der Waals surface area contributed by atoms with Crippen molar-refractivity contribution in [3.05, 3.63) is 77.0 Å². The molecule has 4 rings (SSSR count). The van der Waals surface area contributed by atoms with Crippen LogP contribution in [-0.4, -0.2) is 39.5 Å². The second-order valence-electron chi connectivity index (χ2n) is 7.53. The predicted octanol–water partition coefficient (Wildman–Crippen LogP) is 2.94. The molecule has 2 N–H and O–H groups in total.